The molecular weight excluding hydrogens is 474 g/mol. The van der Waals surface area contributed by atoms with Crippen LogP contribution in [0, 0.1) is 5.92 Å². The molecule has 0 fully saturated rings. The van der Waals surface area contributed by atoms with Crippen LogP contribution in [0.2, 0.25) is 0 Å². The summed E-state index contributed by atoms with van der Waals surface area (Å²) < 4.78 is 0. The number of aliphatic imine (C=N–C) groups is 1. The van der Waals surface area contributed by atoms with Gasteiger partial charge in [-0.1, -0.05) is 13.8 Å². The Hall–Kier alpha value is -3.46. The number of carbonyl (C=O) groups is 5. The third kappa shape index (κ3) is 13.4. The molecule has 36 heavy (non-hydrogen) atoms. The smallest absolute Gasteiger partial charge is 0.326 e. The maximum absolute atomic E-state index is 12.9. The summed E-state index contributed by atoms with van der Waals surface area (Å²) in [5, 5.41) is 16.7. The van der Waals surface area contributed by atoms with E-state index in [1.54, 1.807) is 13.8 Å². The molecule has 4 amide bonds. The lowest BCUT2D eigenvalue weighted by Crippen LogP contribution is -2.58. The second kappa shape index (κ2) is 17.0. The highest BCUT2D eigenvalue weighted by Gasteiger charge is 2.31. The molecular formula is C21H41N9O6. The molecule has 4 atom stereocenters. The number of nitrogens with two attached hydrogens (primary N) is 5. The molecule has 0 aromatic heterocycles. The second-order valence-corrected chi connectivity index (χ2v) is 8.70. The molecule has 0 radical (unpaired) electrons. The van der Waals surface area contributed by atoms with Crippen LogP contribution >= 0.6 is 0 Å². The molecule has 206 valence electrons. The van der Waals surface area contributed by atoms with Gasteiger partial charge in [-0.2, -0.15) is 0 Å². The number of nitrogens with one attached hydrogen (secondary N) is 3. The van der Waals surface area contributed by atoms with Crippen LogP contribution in [0.3, 0.4) is 0 Å². The molecule has 0 heterocycles. The Balaban J connectivity index is 5.51. The van der Waals surface area contributed by atoms with E-state index in [1.165, 1.54) is 0 Å². The van der Waals surface area contributed by atoms with Gasteiger partial charge in [0.15, 0.2) is 5.96 Å². The third-order valence-electron chi connectivity index (χ3n) is 5.20. The first-order valence-electron chi connectivity index (χ1n) is 11.7. The fourth-order valence-electron chi connectivity index (χ4n) is 3.05. The van der Waals surface area contributed by atoms with Crippen LogP contribution in [0.4, 0.5) is 0 Å². The lowest BCUT2D eigenvalue weighted by atomic mass is 10.0. The quantitative estimate of drug-likeness (QED) is 0.0494. The molecule has 0 aliphatic heterocycles. The van der Waals surface area contributed by atoms with Crippen molar-refractivity contribution in [3.63, 3.8) is 0 Å². The molecule has 0 saturated carbocycles. The van der Waals surface area contributed by atoms with Gasteiger partial charge >= 0.3 is 5.97 Å². The van der Waals surface area contributed by atoms with E-state index in [9.17, 15) is 29.1 Å². The molecule has 15 nitrogen and oxygen atoms in total. The summed E-state index contributed by atoms with van der Waals surface area (Å²) in [6.07, 6.45) is 0.921. The number of hydrogen-bond donors (Lipinski definition) is 9. The summed E-state index contributed by atoms with van der Waals surface area (Å²) >= 11 is 0. The summed E-state index contributed by atoms with van der Waals surface area (Å²) in [4.78, 5) is 65.1. The van der Waals surface area contributed by atoms with Crippen molar-refractivity contribution in [2.75, 3.05) is 13.1 Å². The maximum atomic E-state index is 12.9. The van der Waals surface area contributed by atoms with Crippen LogP contribution in [0.25, 0.3) is 0 Å². The van der Waals surface area contributed by atoms with Gasteiger partial charge in [0.1, 0.15) is 18.1 Å². The molecule has 0 aromatic carbocycles. The van der Waals surface area contributed by atoms with E-state index in [2.05, 4.69) is 20.9 Å². The number of rotatable bonds is 18. The first-order valence-corrected chi connectivity index (χ1v) is 11.7. The number of carboxylic acids is 1. The van der Waals surface area contributed by atoms with Gasteiger partial charge < -0.3 is 49.7 Å². The fourth-order valence-corrected chi connectivity index (χ4v) is 3.05. The van der Waals surface area contributed by atoms with E-state index in [4.69, 9.17) is 28.7 Å². The zero-order valence-electron chi connectivity index (χ0n) is 20.9. The number of unbranched alkanes of at least 4 members (excludes halogenated alkanes) is 1. The number of primary amides is 1. The molecule has 0 aliphatic rings. The van der Waals surface area contributed by atoms with E-state index in [0.717, 1.165) is 0 Å². The minimum absolute atomic E-state index is 0.0365. The normalized spacial score (nSPS) is 14.1. The average molecular weight is 516 g/mol. The van der Waals surface area contributed by atoms with Crippen molar-refractivity contribution in [2.24, 2.45) is 39.6 Å². The number of carboxylic acid groups (broad SMARTS) is 1. The number of nitrogens with zero attached hydrogens (tertiary/aromatic N) is 1. The number of hydrogen-bond acceptors (Lipinski definition) is 8. The minimum Gasteiger partial charge on any atom is -0.480 e. The Kier molecular flexibility index (Phi) is 15.4. The third-order valence-corrected chi connectivity index (χ3v) is 5.20. The van der Waals surface area contributed by atoms with E-state index in [1.807, 2.05) is 0 Å². The Morgan fingerprint density at radius 1 is 0.806 bits per heavy atom. The van der Waals surface area contributed by atoms with Crippen molar-refractivity contribution in [1.82, 2.24) is 16.0 Å². The summed E-state index contributed by atoms with van der Waals surface area (Å²) in [6, 6.07) is -4.73. The molecule has 4 unspecified atom stereocenters. The van der Waals surface area contributed by atoms with Gasteiger partial charge in [0.25, 0.3) is 0 Å². The Morgan fingerprint density at radius 2 is 1.33 bits per heavy atom. The standard InChI is InChI=1S/C21H41N9O6/c1-11(2)16(24)19(34)30-14(10-15(23)31)18(33)28-12(6-3-4-8-22)17(32)29-13(20(35)36)7-5-9-27-21(25)26/h11-14,16H,3-10,22,24H2,1-2H3,(H2,23,31)(H,28,33)(H,29,32)(H,30,34)(H,35,36)(H4,25,26,27). The zero-order valence-corrected chi connectivity index (χ0v) is 20.9. The fraction of sp³-hybridized carbons (Fsp3) is 0.714. The van der Waals surface area contributed by atoms with Crippen LogP contribution in [0.5, 0.6) is 0 Å². The number of carbonyl (C=O) groups excluding carboxylic acids is 4. The van der Waals surface area contributed by atoms with Crippen molar-refractivity contribution in [3.05, 3.63) is 0 Å². The van der Waals surface area contributed by atoms with Gasteiger partial charge in [0.05, 0.1) is 12.5 Å². The van der Waals surface area contributed by atoms with Crippen molar-refractivity contribution >= 4 is 35.6 Å². The first kappa shape index (κ1) is 32.5. The van der Waals surface area contributed by atoms with Gasteiger partial charge in [-0.3, -0.25) is 24.2 Å². The van der Waals surface area contributed by atoms with Crippen molar-refractivity contribution in [1.29, 1.82) is 0 Å². The molecule has 0 bridgehead atoms. The Bertz CT molecular complexity index is 786. The van der Waals surface area contributed by atoms with Crippen LogP contribution in [-0.4, -0.2) is 77.9 Å². The molecule has 0 saturated heterocycles. The van der Waals surface area contributed by atoms with Gasteiger partial charge in [-0.05, 0) is 44.6 Å². The van der Waals surface area contributed by atoms with Crippen molar-refractivity contribution < 1.29 is 29.1 Å². The van der Waals surface area contributed by atoms with Gasteiger partial charge in [-0.25, -0.2) is 4.79 Å². The van der Waals surface area contributed by atoms with E-state index >= 15 is 0 Å². The lowest BCUT2D eigenvalue weighted by Gasteiger charge is -2.25. The SMILES string of the molecule is CC(C)C(N)C(=O)NC(CC(N)=O)C(=O)NC(CCCCN)C(=O)NC(CCCN=C(N)N)C(=O)O. The highest BCUT2D eigenvalue weighted by atomic mass is 16.4. The zero-order chi connectivity index (χ0) is 27.8. The molecule has 0 rings (SSSR count). The minimum atomic E-state index is -1.38. The molecule has 14 N–H and O–H groups in total. The highest BCUT2D eigenvalue weighted by Crippen LogP contribution is 2.06. The molecule has 0 aliphatic carbocycles. The van der Waals surface area contributed by atoms with Crippen LogP contribution < -0.4 is 44.6 Å². The van der Waals surface area contributed by atoms with Crippen LogP contribution in [-0.2, 0) is 24.0 Å². The van der Waals surface area contributed by atoms with Gasteiger partial charge in [-0.15, -0.1) is 0 Å². The predicted octanol–water partition coefficient (Wildman–Crippen LogP) is -3.43. The summed E-state index contributed by atoms with van der Waals surface area (Å²) in [5.74, 6) is -4.77. The predicted molar refractivity (Wildman–Crippen MR) is 133 cm³/mol. The largest absolute Gasteiger partial charge is 0.480 e. The number of guanidine groups is 1. The van der Waals surface area contributed by atoms with Crippen molar-refractivity contribution in [3.8, 4) is 0 Å². The summed E-state index contributed by atoms with van der Waals surface area (Å²) in [6.45, 7) is 3.94. The average Bonchev–Trinajstić information content (AvgIpc) is 2.78. The number of aliphatic carboxylic acids is 1. The first-order chi connectivity index (χ1) is 16.8. The molecule has 0 aromatic rings. The lowest BCUT2D eigenvalue weighted by molar-refractivity contribution is -0.142. The van der Waals surface area contributed by atoms with Crippen molar-refractivity contribution in [2.45, 2.75) is 76.5 Å². The summed E-state index contributed by atoms with van der Waals surface area (Å²) in [7, 11) is 0. The molecule has 15 heteroatoms. The Morgan fingerprint density at radius 3 is 1.83 bits per heavy atom. The number of amides is 4. The monoisotopic (exact) mass is 515 g/mol. The second-order valence-electron chi connectivity index (χ2n) is 8.70. The summed E-state index contributed by atoms with van der Waals surface area (Å²) in [5.41, 5.74) is 27.0. The Labute approximate surface area is 210 Å². The van der Waals surface area contributed by atoms with E-state index in [0.29, 0.717) is 19.4 Å². The maximum Gasteiger partial charge on any atom is 0.326 e. The van der Waals surface area contributed by atoms with Crippen LogP contribution in [0.15, 0.2) is 4.99 Å². The van der Waals surface area contributed by atoms with E-state index in [-0.39, 0.29) is 37.7 Å². The van der Waals surface area contributed by atoms with Crippen LogP contribution in [0.1, 0.15) is 52.4 Å². The van der Waals surface area contributed by atoms with Gasteiger partial charge in [0.2, 0.25) is 23.6 Å². The highest BCUT2D eigenvalue weighted by molar-refractivity contribution is 5.96. The topological polar surface area (TPSA) is 284 Å². The van der Waals surface area contributed by atoms with E-state index < -0.39 is 60.2 Å². The molecule has 0 spiro atoms. The van der Waals surface area contributed by atoms with Gasteiger partial charge in [0, 0.05) is 6.54 Å².